The van der Waals surface area contributed by atoms with Crippen LogP contribution in [0.4, 0.5) is 13.2 Å². The van der Waals surface area contributed by atoms with E-state index in [1.807, 2.05) is 0 Å². The molecule has 0 radical (unpaired) electrons. The zero-order chi connectivity index (χ0) is 20.1. The van der Waals surface area contributed by atoms with Crippen LogP contribution < -0.4 is 9.47 Å². The van der Waals surface area contributed by atoms with E-state index in [4.69, 9.17) is 4.74 Å². The fourth-order valence-corrected chi connectivity index (χ4v) is 3.15. The Bertz CT molecular complexity index is 824. The number of carbonyl (C=O) groups is 1. The van der Waals surface area contributed by atoms with Crippen molar-refractivity contribution in [2.24, 2.45) is 0 Å². The number of nitrogens with zero attached hydrogens (tertiary/aromatic N) is 2. The van der Waals surface area contributed by atoms with Gasteiger partial charge in [-0.1, -0.05) is 18.2 Å². The molecular weight excluding hydrogens is 373 g/mol. The van der Waals surface area contributed by atoms with Crippen LogP contribution in [0.15, 0.2) is 42.5 Å². The Balaban J connectivity index is 1.61. The number of halogens is 3. The lowest BCUT2D eigenvalue weighted by Gasteiger charge is -2.35. The highest BCUT2D eigenvalue weighted by molar-refractivity contribution is 5.95. The van der Waals surface area contributed by atoms with Crippen molar-refractivity contribution < 1.29 is 27.4 Å². The van der Waals surface area contributed by atoms with Crippen molar-refractivity contribution in [3.63, 3.8) is 0 Å². The Kier molecular flexibility index (Phi) is 6.41. The predicted octanol–water partition coefficient (Wildman–Crippen LogP) is 3.39. The van der Waals surface area contributed by atoms with E-state index in [0.717, 1.165) is 0 Å². The number of hydrogen-bond acceptors (Lipinski definition) is 4. The molecule has 1 saturated heterocycles. The number of rotatable bonds is 6. The average Bonchev–Trinajstić information content (AvgIpc) is 2.69. The largest absolute Gasteiger partial charge is 0.493 e. The summed E-state index contributed by atoms with van der Waals surface area (Å²) in [5.74, 6) is -0.500. The van der Waals surface area contributed by atoms with Gasteiger partial charge in [0.15, 0.2) is 11.5 Å². The molecule has 1 heterocycles. The van der Waals surface area contributed by atoms with Gasteiger partial charge in [-0.3, -0.25) is 9.69 Å². The van der Waals surface area contributed by atoms with Crippen LogP contribution in [0.2, 0.25) is 0 Å². The van der Waals surface area contributed by atoms with E-state index in [9.17, 15) is 18.0 Å². The Hall–Kier alpha value is -2.74. The maximum Gasteiger partial charge on any atom is 0.387 e. The summed E-state index contributed by atoms with van der Waals surface area (Å²) in [6, 6.07) is 10.8. The van der Waals surface area contributed by atoms with E-state index >= 15 is 0 Å². The molecule has 1 aliphatic rings. The van der Waals surface area contributed by atoms with E-state index in [0.29, 0.717) is 43.9 Å². The van der Waals surface area contributed by atoms with Gasteiger partial charge in [0.05, 0.1) is 7.11 Å². The lowest BCUT2D eigenvalue weighted by molar-refractivity contribution is -0.0512. The van der Waals surface area contributed by atoms with Crippen molar-refractivity contribution in [3.05, 3.63) is 59.4 Å². The van der Waals surface area contributed by atoms with Crippen LogP contribution >= 0.6 is 0 Å². The van der Waals surface area contributed by atoms with Crippen molar-refractivity contribution in [1.82, 2.24) is 9.80 Å². The average molecular weight is 394 g/mol. The van der Waals surface area contributed by atoms with Crippen LogP contribution in [0, 0.1) is 5.82 Å². The third-order valence-corrected chi connectivity index (χ3v) is 4.64. The Labute approximate surface area is 161 Å². The number of carbonyl (C=O) groups excluding carboxylic acids is 1. The summed E-state index contributed by atoms with van der Waals surface area (Å²) in [5.41, 5.74) is 0.961. The molecule has 0 spiro atoms. The number of amides is 1. The van der Waals surface area contributed by atoms with Gasteiger partial charge in [0.2, 0.25) is 0 Å². The third kappa shape index (κ3) is 4.75. The van der Waals surface area contributed by atoms with Gasteiger partial charge in [-0.2, -0.15) is 8.78 Å². The van der Waals surface area contributed by atoms with Crippen molar-refractivity contribution in [3.8, 4) is 11.5 Å². The number of ether oxygens (including phenoxy) is 2. The van der Waals surface area contributed by atoms with Crippen molar-refractivity contribution in [2.45, 2.75) is 13.2 Å². The van der Waals surface area contributed by atoms with E-state index in [1.54, 1.807) is 23.1 Å². The zero-order valence-corrected chi connectivity index (χ0v) is 15.4. The fourth-order valence-electron chi connectivity index (χ4n) is 3.15. The molecule has 28 heavy (non-hydrogen) atoms. The molecule has 0 aromatic heterocycles. The highest BCUT2D eigenvalue weighted by atomic mass is 19.3. The second-order valence-corrected chi connectivity index (χ2v) is 6.40. The summed E-state index contributed by atoms with van der Waals surface area (Å²) in [5, 5.41) is 0. The molecule has 0 aliphatic carbocycles. The second-order valence-electron chi connectivity index (χ2n) is 6.40. The van der Waals surface area contributed by atoms with Gasteiger partial charge in [-0.25, -0.2) is 4.39 Å². The smallest absolute Gasteiger partial charge is 0.387 e. The van der Waals surface area contributed by atoms with Crippen LogP contribution in [0.25, 0.3) is 0 Å². The van der Waals surface area contributed by atoms with Gasteiger partial charge in [0, 0.05) is 43.9 Å². The van der Waals surface area contributed by atoms with Gasteiger partial charge >= 0.3 is 6.61 Å². The number of hydrogen-bond donors (Lipinski definition) is 0. The van der Waals surface area contributed by atoms with Crippen LogP contribution in [-0.2, 0) is 6.54 Å². The maximum atomic E-state index is 13.8. The quantitative estimate of drug-likeness (QED) is 0.753. The summed E-state index contributed by atoms with van der Waals surface area (Å²) in [7, 11) is 1.32. The van der Waals surface area contributed by atoms with Gasteiger partial charge in [-0.15, -0.1) is 0 Å². The topological polar surface area (TPSA) is 42.0 Å². The Morgan fingerprint density at radius 3 is 2.43 bits per heavy atom. The van der Waals surface area contributed by atoms with Crippen molar-refractivity contribution in [2.75, 3.05) is 33.3 Å². The zero-order valence-electron chi connectivity index (χ0n) is 15.4. The molecule has 0 unspecified atom stereocenters. The normalized spacial score (nSPS) is 15.0. The molecule has 0 atom stereocenters. The first-order chi connectivity index (χ1) is 13.5. The molecule has 1 fully saturated rings. The van der Waals surface area contributed by atoms with E-state index in [2.05, 4.69) is 9.64 Å². The summed E-state index contributed by atoms with van der Waals surface area (Å²) < 4.78 is 48.1. The minimum absolute atomic E-state index is 0.0735. The maximum absolute atomic E-state index is 13.8. The summed E-state index contributed by atoms with van der Waals surface area (Å²) in [4.78, 5) is 16.5. The van der Waals surface area contributed by atoms with Crippen molar-refractivity contribution >= 4 is 5.91 Å². The van der Waals surface area contributed by atoms with E-state index < -0.39 is 6.61 Å². The first kappa shape index (κ1) is 20.0. The van der Waals surface area contributed by atoms with E-state index in [1.165, 1.54) is 31.4 Å². The Morgan fingerprint density at radius 2 is 1.79 bits per heavy atom. The number of piperazine rings is 1. The molecule has 3 rings (SSSR count). The van der Waals surface area contributed by atoms with Gasteiger partial charge < -0.3 is 14.4 Å². The summed E-state index contributed by atoms with van der Waals surface area (Å²) in [6.45, 7) is -0.274. The lowest BCUT2D eigenvalue weighted by Crippen LogP contribution is -2.48. The minimum Gasteiger partial charge on any atom is -0.493 e. The molecule has 8 heteroatoms. The fraction of sp³-hybridized carbons (Fsp3) is 0.350. The standard InChI is InChI=1S/C20H21F3N2O3/c1-27-18-12-14(6-7-17(18)28-20(22)23)19(26)25-10-8-24(9-11-25)13-15-4-2-3-5-16(15)21/h2-7,12,20H,8-11,13H2,1H3. The first-order valence-corrected chi connectivity index (χ1v) is 8.86. The molecular formula is C20H21F3N2O3. The SMILES string of the molecule is COc1cc(C(=O)N2CCN(Cc3ccccc3F)CC2)ccc1OC(F)F. The second kappa shape index (κ2) is 8.97. The predicted molar refractivity (Wildman–Crippen MR) is 97.2 cm³/mol. The van der Waals surface area contributed by atoms with Gasteiger partial charge in [0.25, 0.3) is 5.91 Å². The number of methoxy groups -OCH3 is 1. The van der Waals surface area contributed by atoms with Crippen LogP contribution in [0.3, 0.4) is 0 Å². The van der Waals surface area contributed by atoms with Gasteiger partial charge in [0.1, 0.15) is 5.82 Å². The molecule has 0 bridgehead atoms. The molecule has 5 nitrogen and oxygen atoms in total. The van der Waals surface area contributed by atoms with Crippen molar-refractivity contribution in [1.29, 1.82) is 0 Å². The third-order valence-electron chi connectivity index (χ3n) is 4.64. The Morgan fingerprint density at radius 1 is 1.07 bits per heavy atom. The van der Waals surface area contributed by atoms with Gasteiger partial charge in [-0.05, 0) is 24.3 Å². The van der Waals surface area contributed by atoms with E-state index in [-0.39, 0.29) is 23.2 Å². The number of benzene rings is 2. The molecule has 150 valence electrons. The molecule has 1 amide bonds. The molecule has 2 aromatic rings. The first-order valence-electron chi connectivity index (χ1n) is 8.86. The monoisotopic (exact) mass is 394 g/mol. The number of alkyl halides is 2. The summed E-state index contributed by atoms with van der Waals surface area (Å²) >= 11 is 0. The molecule has 0 saturated carbocycles. The highest BCUT2D eigenvalue weighted by Gasteiger charge is 2.24. The molecule has 0 N–H and O–H groups in total. The van der Waals surface area contributed by atoms with Crippen LogP contribution in [-0.4, -0.2) is 55.6 Å². The molecule has 2 aromatic carbocycles. The minimum atomic E-state index is -2.97. The summed E-state index contributed by atoms with van der Waals surface area (Å²) in [6.07, 6.45) is 0. The highest BCUT2D eigenvalue weighted by Crippen LogP contribution is 2.30. The van der Waals surface area contributed by atoms with Crippen LogP contribution in [0.5, 0.6) is 11.5 Å². The molecule has 1 aliphatic heterocycles. The van der Waals surface area contributed by atoms with Crippen LogP contribution in [0.1, 0.15) is 15.9 Å². The lowest BCUT2D eigenvalue weighted by atomic mass is 10.1.